The second-order valence-corrected chi connectivity index (χ2v) is 5.94. The van der Waals surface area contributed by atoms with Crippen LogP contribution in [0.2, 0.25) is 0 Å². The Morgan fingerprint density at radius 2 is 2.15 bits per heavy atom. The highest BCUT2D eigenvalue weighted by molar-refractivity contribution is 5.99. The van der Waals surface area contributed by atoms with E-state index in [0.717, 1.165) is 11.1 Å². The Kier molecular flexibility index (Phi) is 7.16. The number of ether oxygens (including phenoxy) is 1. The second-order valence-electron chi connectivity index (χ2n) is 5.94. The van der Waals surface area contributed by atoms with Crippen molar-refractivity contribution in [2.24, 2.45) is 0 Å². The Bertz CT molecular complexity index is 730. The lowest BCUT2D eigenvalue weighted by atomic mass is 10.1. The van der Waals surface area contributed by atoms with E-state index in [0.29, 0.717) is 37.4 Å². The van der Waals surface area contributed by atoms with Gasteiger partial charge in [0.15, 0.2) is 0 Å². The third kappa shape index (κ3) is 5.32. The Morgan fingerprint density at radius 1 is 1.35 bits per heavy atom. The highest BCUT2D eigenvalue weighted by Crippen LogP contribution is 2.19. The fourth-order valence-corrected chi connectivity index (χ4v) is 2.40. The van der Waals surface area contributed by atoms with Crippen molar-refractivity contribution in [2.75, 3.05) is 39.2 Å². The summed E-state index contributed by atoms with van der Waals surface area (Å²) < 4.78 is 4.93. The zero-order valence-corrected chi connectivity index (χ0v) is 15.3. The number of methoxy groups -OCH3 is 1. The third-order valence-corrected chi connectivity index (χ3v) is 4.05. The molecule has 0 bridgehead atoms. The van der Waals surface area contributed by atoms with Gasteiger partial charge in [-0.25, -0.2) is 4.79 Å². The number of aromatic nitrogens is 2. The number of hydrogen-bond donors (Lipinski definition) is 3. The monoisotopic (exact) mass is 359 g/mol. The standard InChI is InChI=1S/C18H25N5O3/c1-13-15(17(24)19-8-10-26-3)5-4-6-16(13)22-18(25)23(2)9-7-14-11-20-21-12-14/h4-6,11-12H,7-10H2,1-3H3,(H,19,24)(H,20,21)(H,22,25). The van der Waals surface area contributed by atoms with Crippen molar-refractivity contribution in [3.8, 4) is 0 Å². The minimum atomic E-state index is -0.228. The summed E-state index contributed by atoms with van der Waals surface area (Å²) in [4.78, 5) is 26.2. The summed E-state index contributed by atoms with van der Waals surface area (Å²) in [6, 6.07) is 5.03. The molecule has 0 saturated heterocycles. The molecule has 0 fully saturated rings. The van der Waals surface area contributed by atoms with Gasteiger partial charge in [0.05, 0.1) is 12.8 Å². The van der Waals surface area contributed by atoms with Crippen LogP contribution in [0.4, 0.5) is 10.5 Å². The first-order valence-corrected chi connectivity index (χ1v) is 8.39. The van der Waals surface area contributed by atoms with Gasteiger partial charge in [-0.2, -0.15) is 5.10 Å². The average Bonchev–Trinajstić information content (AvgIpc) is 3.15. The van der Waals surface area contributed by atoms with Crippen molar-refractivity contribution in [3.05, 3.63) is 47.3 Å². The molecule has 26 heavy (non-hydrogen) atoms. The molecule has 0 aliphatic heterocycles. The molecule has 0 atom stereocenters. The van der Waals surface area contributed by atoms with E-state index in [1.54, 1.807) is 43.5 Å². The molecule has 8 heteroatoms. The number of carbonyl (C=O) groups is 2. The molecule has 3 N–H and O–H groups in total. The molecule has 0 aliphatic rings. The SMILES string of the molecule is COCCNC(=O)c1cccc(NC(=O)N(C)CCc2cn[nH]c2)c1C. The zero-order chi connectivity index (χ0) is 18.9. The smallest absolute Gasteiger partial charge is 0.321 e. The third-order valence-electron chi connectivity index (χ3n) is 4.05. The molecule has 1 aromatic carbocycles. The summed E-state index contributed by atoms with van der Waals surface area (Å²) in [6.07, 6.45) is 4.25. The number of aromatic amines is 1. The van der Waals surface area contributed by atoms with E-state index in [1.165, 1.54) is 0 Å². The Hall–Kier alpha value is -2.87. The number of benzene rings is 1. The van der Waals surface area contributed by atoms with Crippen LogP contribution < -0.4 is 10.6 Å². The van der Waals surface area contributed by atoms with Gasteiger partial charge in [0.2, 0.25) is 0 Å². The van der Waals surface area contributed by atoms with Crippen LogP contribution in [0.1, 0.15) is 21.5 Å². The normalized spacial score (nSPS) is 10.4. The molecule has 2 rings (SSSR count). The molecule has 1 aromatic heterocycles. The molecule has 1 heterocycles. The molecule has 3 amide bonds. The number of carbonyl (C=O) groups excluding carboxylic acids is 2. The van der Waals surface area contributed by atoms with Crippen molar-refractivity contribution in [1.82, 2.24) is 20.4 Å². The highest BCUT2D eigenvalue weighted by Gasteiger charge is 2.15. The number of H-pyrrole nitrogens is 1. The van der Waals surface area contributed by atoms with Crippen LogP contribution in [0.3, 0.4) is 0 Å². The summed E-state index contributed by atoms with van der Waals surface area (Å²) in [5, 5.41) is 12.3. The van der Waals surface area contributed by atoms with Crippen molar-refractivity contribution >= 4 is 17.6 Å². The summed E-state index contributed by atoms with van der Waals surface area (Å²) >= 11 is 0. The average molecular weight is 359 g/mol. The van der Waals surface area contributed by atoms with E-state index >= 15 is 0 Å². The van der Waals surface area contributed by atoms with Gasteiger partial charge in [-0.15, -0.1) is 0 Å². The van der Waals surface area contributed by atoms with Crippen LogP contribution in [0.15, 0.2) is 30.6 Å². The van der Waals surface area contributed by atoms with E-state index in [4.69, 9.17) is 4.74 Å². The molecule has 140 valence electrons. The van der Waals surface area contributed by atoms with Crippen molar-refractivity contribution in [3.63, 3.8) is 0 Å². The van der Waals surface area contributed by atoms with Gasteiger partial charge in [0, 0.05) is 44.7 Å². The summed E-state index contributed by atoms with van der Waals surface area (Å²) in [5.41, 5.74) is 2.90. The molecular formula is C18H25N5O3. The summed E-state index contributed by atoms with van der Waals surface area (Å²) in [6.45, 7) is 3.25. The maximum Gasteiger partial charge on any atom is 0.321 e. The molecule has 0 aliphatic carbocycles. The largest absolute Gasteiger partial charge is 0.383 e. The summed E-state index contributed by atoms with van der Waals surface area (Å²) in [7, 11) is 3.31. The van der Waals surface area contributed by atoms with E-state index in [2.05, 4.69) is 20.8 Å². The Labute approximate surface area is 152 Å². The Balaban J connectivity index is 1.96. The van der Waals surface area contributed by atoms with Crippen LogP contribution in [0, 0.1) is 6.92 Å². The fourth-order valence-electron chi connectivity index (χ4n) is 2.40. The van der Waals surface area contributed by atoms with E-state index in [1.807, 2.05) is 13.1 Å². The second kappa shape index (κ2) is 9.57. The van der Waals surface area contributed by atoms with Crippen molar-refractivity contribution in [2.45, 2.75) is 13.3 Å². The fraction of sp³-hybridized carbons (Fsp3) is 0.389. The molecule has 8 nitrogen and oxygen atoms in total. The predicted octanol–water partition coefficient (Wildman–Crippen LogP) is 1.80. The van der Waals surface area contributed by atoms with Gasteiger partial charge in [0.1, 0.15) is 0 Å². The Morgan fingerprint density at radius 3 is 2.85 bits per heavy atom. The zero-order valence-electron chi connectivity index (χ0n) is 15.3. The lowest BCUT2D eigenvalue weighted by Gasteiger charge is -2.19. The van der Waals surface area contributed by atoms with Gasteiger partial charge in [0.25, 0.3) is 5.91 Å². The van der Waals surface area contributed by atoms with Gasteiger partial charge >= 0.3 is 6.03 Å². The maximum atomic E-state index is 12.4. The quantitative estimate of drug-likeness (QED) is 0.626. The molecule has 2 aromatic rings. The van der Waals surface area contributed by atoms with E-state index < -0.39 is 0 Å². The molecule has 0 saturated carbocycles. The number of rotatable bonds is 8. The van der Waals surface area contributed by atoms with Crippen LogP contribution in [0.25, 0.3) is 0 Å². The minimum Gasteiger partial charge on any atom is -0.383 e. The lowest BCUT2D eigenvalue weighted by Crippen LogP contribution is -2.33. The van der Waals surface area contributed by atoms with Crippen LogP contribution in [0.5, 0.6) is 0 Å². The predicted molar refractivity (Wildman–Crippen MR) is 99.3 cm³/mol. The number of amides is 3. The van der Waals surface area contributed by atoms with Gasteiger partial charge in [-0.3, -0.25) is 9.89 Å². The van der Waals surface area contributed by atoms with Crippen LogP contribution in [-0.4, -0.2) is 60.9 Å². The number of nitrogens with zero attached hydrogens (tertiary/aromatic N) is 2. The highest BCUT2D eigenvalue weighted by atomic mass is 16.5. The first kappa shape index (κ1) is 19.5. The number of nitrogens with one attached hydrogen (secondary N) is 3. The summed E-state index contributed by atoms with van der Waals surface area (Å²) in [5.74, 6) is -0.191. The topological polar surface area (TPSA) is 99.3 Å². The minimum absolute atomic E-state index is 0.191. The first-order chi connectivity index (χ1) is 12.5. The van der Waals surface area contributed by atoms with E-state index in [9.17, 15) is 9.59 Å². The molecule has 0 radical (unpaired) electrons. The number of hydrogen-bond acceptors (Lipinski definition) is 4. The molecule has 0 unspecified atom stereocenters. The van der Waals surface area contributed by atoms with Gasteiger partial charge in [-0.05, 0) is 36.6 Å². The first-order valence-electron chi connectivity index (χ1n) is 8.39. The van der Waals surface area contributed by atoms with Crippen molar-refractivity contribution in [1.29, 1.82) is 0 Å². The van der Waals surface area contributed by atoms with E-state index in [-0.39, 0.29) is 11.9 Å². The molecule has 0 spiro atoms. The van der Waals surface area contributed by atoms with Crippen LogP contribution in [-0.2, 0) is 11.2 Å². The lowest BCUT2D eigenvalue weighted by molar-refractivity contribution is 0.0936. The number of anilines is 1. The van der Waals surface area contributed by atoms with Crippen LogP contribution >= 0.6 is 0 Å². The van der Waals surface area contributed by atoms with Crippen molar-refractivity contribution < 1.29 is 14.3 Å². The van der Waals surface area contributed by atoms with Gasteiger partial charge in [-0.1, -0.05) is 6.07 Å². The number of urea groups is 1. The van der Waals surface area contributed by atoms with Gasteiger partial charge < -0.3 is 20.3 Å². The maximum absolute atomic E-state index is 12.4. The number of likely N-dealkylation sites (N-methyl/N-ethyl adjacent to an activating group) is 1. The molecular weight excluding hydrogens is 334 g/mol.